The van der Waals surface area contributed by atoms with Crippen LogP contribution in [0.1, 0.15) is 34.5 Å². The molecule has 0 atom stereocenters. The molecule has 0 aliphatic carbocycles. The maximum atomic E-state index is 14.4. The molecule has 1 aliphatic heterocycles. The molecule has 190 valence electrons. The Balaban J connectivity index is 1.65. The summed E-state index contributed by atoms with van der Waals surface area (Å²) in [7, 11) is -3.76. The highest BCUT2D eigenvalue weighted by Gasteiger charge is 2.41. The van der Waals surface area contributed by atoms with Crippen LogP contribution in [0.5, 0.6) is 0 Å². The number of carbonyl (C=O) groups is 1. The van der Waals surface area contributed by atoms with E-state index in [1.165, 1.54) is 10.4 Å². The van der Waals surface area contributed by atoms with E-state index in [0.717, 1.165) is 38.5 Å². The SMILES string of the molecule is CCOC(=O)c1cc(F)cc(N(C2CN(C(c3ccc(Br)cc3)c3ccc(Br)cc3)C2)S(C)(=O)=O)c1. The van der Waals surface area contributed by atoms with Gasteiger partial charge in [0.1, 0.15) is 5.82 Å². The highest BCUT2D eigenvalue weighted by Crippen LogP contribution is 2.37. The Hall–Kier alpha value is -2.27. The summed E-state index contributed by atoms with van der Waals surface area (Å²) in [6, 6.07) is 19.1. The van der Waals surface area contributed by atoms with Crippen LogP contribution in [0.15, 0.2) is 75.7 Å². The van der Waals surface area contributed by atoms with E-state index in [1.54, 1.807) is 6.92 Å². The molecule has 0 spiro atoms. The third-order valence-corrected chi connectivity index (χ3v) is 8.25. The van der Waals surface area contributed by atoms with Gasteiger partial charge in [-0.3, -0.25) is 9.21 Å². The Morgan fingerprint density at radius 2 is 1.56 bits per heavy atom. The number of nitrogens with zero attached hydrogens (tertiary/aromatic N) is 2. The lowest BCUT2D eigenvalue weighted by molar-refractivity contribution is 0.0525. The van der Waals surface area contributed by atoms with Gasteiger partial charge in [0.2, 0.25) is 10.0 Å². The molecule has 10 heteroatoms. The van der Waals surface area contributed by atoms with Gasteiger partial charge >= 0.3 is 5.97 Å². The van der Waals surface area contributed by atoms with Crippen molar-refractivity contribution in [1.82, 2.24) is 4.90 Å². The molecule has 3 aromatic carbocycles. The molecule has 1 heterocycles. The minimum atomic E-state index is -3.76. The monoisotopic (exact) mass is 638 g/mol. The van der Waals surface area contributed by atoms with E-state index >= 15 is 0 Å². The molecule has 0 saturated carbocycles. The van der Waals surface area contributed by atoms with Gasteiger partial charge in [0.25, 0.3) is 0 Å². The predicted octanol–water partition coefficient (Wildman–Crippen LogP) is 5.77. The lowest BCUT2D eigenvalue weighted by Gasteiger charge is -2.48. The summed E-state index contributed by atoms with van der Waals surface area (Å²) in [5.41, 5.74) is 2.22. The van der Waals surface area contributed by atoms with Crippen molar-refractivity contribution in [1.29, 1.82) is 0 Å². The van der Waals surface area contributed by atoms with Gasteiger partial charge in [-0.05, 0) is 60.5 Å². The summed E-state index contributed by atoms with van der Waals surface area (Å²) >= 11 is 6.96. The van der Waals surface area contributed by atoms with E-state index in [4.69, 9.17) is 4.74 Å². The van der Waals surface area contributed by atoms with E-state index in [1.807, 2.05) is 48.5 Å². The number of benzene rings is 3. The van der Waals surface area contributed by atoms with Gasteiger partial charge in [0, 0.05) is 22.0 Å². The second-order valence-corrected chi connectivity index (χ2v) is 12.3. The predicted molar refractivity (Wildman–Crippen MR) is 145 cm³/mol. The van der Waals surface area contributed by atoms with Crippen molar-refractivity contribution in [3.05, 3.63) is 98.2 Å². The zero-order chi connectivity index (χ0) is 26.0. The minimum Gasteiger partial charge on any atom is -0.462 e. The largest absolute Gasteiger partial charge is 0.462 e. The number of carbonyl (C=O) groups excluding carboxylic acids is 1. The highest BCUT2D eigenvalue weighted by molar-refractivity contribution is 9.10. The Morgan fingerprint density at radius 1 is 1.03 bits per heavy atom. The lowest BCUT2D eigenvalue weighted by Crippen LogP contribution is -2.61. The van der Waals surface area contributed by atoms with E-state index in [0.29, 0.717) is 13.1 Å². The van der Waals surface area contributed by atoms with Crippen molar-refractivity contribution in [2.24, 2.45) is 0 Å². The van der Waals surface area contributed by atoms with Gasteiger partial charge in [-0.15, -0.1) is 0 Å². The zero-order valence-electron chi connectivity index (χ0n) is 19.7. The maximum Gasteiger partial charge on any atom is 0.338 e. The fourth-order valence-electron chi connectivity index (χ4n) is 4.46. The third kappa shape index (κ3) is 5.99. The number of esters is 1. The number of sulfonamides is 1. The van der Waals surface area contributed by atoms with Gasteiger partial charge in [0.05, 0.1) is 36.2 Å². The molecule has 0 amide bonds. The molecule has 0 aromatic heterocycles. The number of halogens is 3. The van der Waals surface area contributed by atoms with Crippen molar-refractivity contribution in [2.45, 2.75) is 19.0 Å². The van der Waals surface area contributed by atoms with Crippen LogP contribution in [-0.4, -0.2) is 51.3 Å². The Morgan fingerprint density at radius 3 is 2.03 bits per heavy atom. The molecule has 36 heavy (non-hydrogen) atoms. The molecule has 0 unspecified atom stereocenters. The van der Waals surface area contributed by atoms with Crippen molar-refractivity contribution in [2.75, 3.05) is 30.3 Å². The summed E-state index contributed by atoms with van der Waals surface area (Å²) in [4.78, 5) is 14.4. The molecule has 3 aromatic rings. The summed E-state index contributed by atoms with van der Waals surface area (Å²) in [5.74, 6) is -1.41. The molecule has 1 saturated heterocycles. The molecule has 4 rings (SSSR count). The summed E-state index contributed by atoms with van der Waals surface area (Å²) in [6.45, 7) is 2.63. The van der Waals surface area contributed by atoms with Crippen molar-refractivity contribution < 1.29 is 22.3 Å². The van der Waals surface area contributed by atoms with Gasteiger partial charge in [-0.25, -0.2) is 17.6 Å². The first kappa shape index (κ1) is 26.8. The summed E-state index contributed by atoms with van der Waals surface area (Å²) < 4.78 is 48.2. The first-order valence-corrected chi connectivity index (χ1v) is 14.7. The van der Waals surface area contributed by atoms with Crippen LogP contribution in [-0.2, 0) is 14.8 Å². The second-order valence-electron chi connectivity index (χ2n) is 8.59. The quantitative estimate of drug-likeness (QED) is 0.293. The number of ether oxygens (including phenoxy) is 1. The molecule has 0 bridgehead atoms. The van der Waals surface area contributed by atoms with Gasteiger partial charge in [-0.2, -0.15) is 0 Å². The molecule has 1 fully saturated rings. The number of likely N-dealkylation sites (tertiary alicyclic amines) is 1. The first-order valence-electron chi connectivity index (χ1n) is 11.3. The van der Waals surface area contributed by atoms with Crippen LogP contribution in [0.3, 0.4) is 0 Å². The molecule has 6 nitrogen and oxygen atoms in total. The number of anilines is 1. The van der Waals surface area contributed by atoms with Crippen LogP contribution in [0.4, 0.5) is 10.1 Å². The topological polar surface area (TPSA) is 66.9 Å². The van der Waals surface area contributed by atoms with E-state index in [-0.39, 0.29) is 23.9 Å². The Kier molecular flexibility index (Phi) is 8.18. The summed E-state index contributed by atoms with van der Waals surface area (Å²) in [5, 5.41) is 0. The van der Waals surface area contributed by atoms with Crippen LogP contribution in [0, 0.1) is 5.82 Å². The van der Waals surface area contributed by atoms with Crippen LogP contribution in [0.2, 0.25) is 0 Å². The lowest BCUT2D eigenvalue weighted by atomic mass is 9.93. The second kappa shape index (κ2) is 11.0. The fraction of sp³-hybridized carbons (Fsp3) is 0.269. The zero-order valence-corrected chi connectivity index (χ0v) is 23.7. The van der Waals surface area contributed by atoms with E-state index < -0.39 is 27.9 Å². The van der Waals surface area contributed by atoms with Gasteiger partial charge < -0.3 is 4.74 Å². The van der Waals surface area contributed by atoms with Crippen LogP contribution >= 0.6 is 31.9 Å². The summed E-state index contributed by atoms with van der Waals surface area (Å²) in [6.07, 6.45) is 1.09. The normalized spacial score (nSPS) is 14.5. The van der Waals surface area contributed by atoms with Gasteiger partial charge in [-0.1, -0.05) is 56.1 Å². The van der Waals surface area contributed by atoms with Crippen molar-refractivity contribution >= 4 is 53.5 Å². The van der Waals surface area contributed by atoms with E-state index in [2.05, 4.69) is 36.8 Å². The van der Waals surface area contributed by atoms with Gasteiger partial charge in [0.15, 0.2) is 0 Å². The average molecular weight is 640 g/mol. The molecular formula is C26H25Br2FN2O4S. The Bertz CT molecular complexity index is 1300. The standard InChI is InChI=1S/C26H25Br2FN2O4S/c1-3-35-26(32)19-12-22(29)14-23(13-19)31(36(2,33)34)24-15-30(16-24)25(17-4-8-20(27)9-5-17)18-6-10-21(28)11-7-18/h4-14,24-25H,3,15-16H2,1-2H3. The van der Waals surface area contributed by atoms with Crippen LogP contribution in [0.25, 0.3) is 0 Å². The van der Waals surface area contributed by atoms with Crippen LogP contribution < -0.4 is 4.31 Å². The smallest absolute Gasteiger partial charge is 0.338 e. The molecule has 0 N–H and O–H groups in total. The Labute approximate surface area is 227 Å². The fourth-order valence-corrected chi connectivity index (χ4v) is 6.15. The first-order chi connectivity index (χ1) is 17.1. The molecular weight excluding hydrogens is 615 g/mol. The number of hydrogen-bond acceptors (Lipinski definition) is 5. The highest BCUT2D eigenvalue weighted by atomic mass is 79.9. The minimum absolute atomic E-state index is 0.0284. The maximum absolute atomic E-state index is 14.4. The molecule has 0 radical (unpaired) electrons. The third-order valence-electron chi connectivity index (χ3n) is 5.96. The number of hydrogen-bond donors (Lipinski definition) is 0. The average Bonchev–Trinajstić information content (AvgIpc) is 2.78. The van der Waals surface area contributed by atoms with E-state index in [9.17, 15) is 17.6 Å². The number of rotatable bonds is 8. The molecule has 1 aliphatic rings. The van der Waals surface area contributed by atoms with Crippen molar-refractivity contribution in [3.8, 4) is 0 Å². The van der Waals surface area contributed by atoms with Crippen molar-refractivity contribution in [3.63, 3.8) is 0 Å².